The molecule has 16 heavy (non-hydrogen) atoms. The van der Waals surface area contributed by atoms with Crippen LogP contribution in [0.3, 0.4) is 0 Å². The molecular formula is C12H8Cl2N2. The second-order valence-corrected chi connectivity index (χ2v) is 3.94. The number of nitrogens with zero attached hydrogens (tertiary/aromatic N) is 2. The maximum atomic E-state index is 5.99. The molecule has 0 aliphatic rings. The molecule has 2 aromatic rings. The van der Waals surface area contributed by atoms with Gasteiger partial charge in [0, 0.05) is 35.9 Å². The van der Waals surface area contributed by atoms with Gasteiger partial charge in [-0.25, -0.2) is 0 Å². The van der Waals surface area contributed by atoms with E-state index in [9.17, 15) is 0 Å². The summed E-state index contributed by atoms with van der Waals surface area (Å²) in [5.41, 5.74) is 1.70. The lowest BCUT2D eigenvalue weighted by atomic mass is 10.2. The largest absolute Gasteiger partial charge is 0.264 e. The monoisotopic (exact) mass is 250 g/mol. The first-order valence-corrected chi connectivity index (χ1v) is 5.40. The molecule has 0 aliphatic heterocycles. The van der Waals surface area contributed by atoms with Gasteiger partial charge >= 0.3 is 0 Å². The van der Waals surface area contributed by atoms with Crippen LogP contribution in [0.4, 0.5) is 0 Å². The van der Waals surface area contributed by atoms with E-state index in [1.807, 2.05) is 12.2 Å². The predicted octanol–water partition coefficient (Wildman–Crippen LogP) is 3.95. The van der Waals surface area contributed by atoms with Crippen LogP contribution in [0.1, 0.15) is 11.1 Å². The minimum absolute atomic E-state index is 0.659. The van der Waals surface area contributed by atoms with E-state index in [2.05, 4.69) is 9.97 Å². The normalized spacial score (nSPS) is 10.9. The van der Waals surface area contributed by atoms with Gasteiger partial charge in [0.1, 0.15) is 0 Å². The van der Waals surface area contributed by atoms with Crippen LogP contribution in [-0.4, -0.2) is 9.97 Å². The zero-order valence-electron chi connectivity index (χ0n) is 8.27. The molecule has 4 heteroatoms. The Morgan fingerprint density at radius 3 is 1.62 bits per heavy atom. The Hall–Kier alpha value is -1.38. The van der Waals surface area contributed by atoms with E-state index in [1.165, 1.54) is 0 Å². The molecule has 0 fully saturated rings. The first kappa shape index (κ1) is 11.1. The molecule has 0 atom stereocenters. The number of hydrogen-bond donors (Lipinski definition) is 0. The van der Waals surface area contributed by atoms with E-state index in [-0.39, 0.29) is 0 Å². The zero-order chi connectivity index (χ0) is 11.4. The summed E-state index contributed by atoms with van der Waals surface area (Å²) in [5, 5.41) is 1.32. The summed E-state index contributed by atoms with van der Waals surface area (Å²) in [4.78, 5) is 7.99. The second kappa shape index (κ2) is 5.10. The molecule has 2 aromatic heterocycles. The Morgan fingerprint density at radius 2 is 1.25 bits per heavy atom. The third-order valence-corrected chi connectivity index (χ3v) is 2.72. The first-order chi connectivity index (χ1) is 7.77. The fourth-order valence-electron chi connectivity index (χ4n) is 1.20. The Kier molecular flexibility index (Phi) is 3.54. The third kappa shape index (κ3) is 2.60. The van der Waals surface area contributed by atoms with Crippen LogP contribution < -0.4 is 0 Å². The van der Waals surface area contributed by atoms with Crippen LogP contribution in [0, 0.1) is 0 Å². The summed E-state index contributed by atoms with van der Waals surface area (Å²) in [6.45, 7) is 0. The summed E-state index contributed by atoms with van der Waals surface area (Å²) >= 11 is 12.0. The molecule has 0 aliphatic carbocycles. The molecule has 80 valence electrons. The Balaban J connectivity index is 2.29. The van der Waals surface area contributed by atoms with E-state index in [0.717, 1.165) is 11.1 Å². The van der Waals surface area contributed by atoms with Gasteiger partial charge < -0.3 is 0 Å². The lowest BCUT2D eigenvalue weighted by Gasteiger charge is -1.97. The highest BCUT2D eigenvalue weighted by atomic mass is 35.5. The van der Waals surface area contributed by atoms with Gasteiger partial charge in [0.15, 0.2) is 0 Å². The van der Waals surface area contributed by atoms with E-state index < -0.39 is 0 Å². The first-order valence-electron chi connectivity index (χ1n) is 4.64. The Morgan fingerprint density at radius 1 is 0.812 bits per heavy atom. The SMILES string of the molecule is Clc1ccncc1/C=C\c1cnccc1Cl. The van der Waals surface area contributed by atoms with E-state index in [0.29, 0.717) is 10.0 Å². The Labute approximate surface area is 104 Å². The lowest BCUT2D eigenvalue weighted by Crippen LogP contribution is -1.79. The number of aromatic nitrogens is 2. The van der Waals surface area contributed by atoms with Crippen molar-refractivity contribution in [1.82, 2.24) is 9.97 Å². The van der Waals surface area contributed by atoms with Crippen molar-refractivity contribution in [3.63, 3.8) is 0 Å². The highest BCUT2D eigenvalue weighted by Crippen LogP contribution is 2.19. The van der Waals surface area contributed by atoms with Crippen molar-refractivity contribution < 1.29 is 0 Å². The summed E-state index contributed by atoms with van der Waals surface area (Å²) in [6.07, 6.45) is 10.4. The molecule has 0 bridgehead atoms. The van der Waals surface area contributed by atoms with Crippen LogP contribution in [0.5, 0.6) is 0 Å². The van der Waals surface area contributed by atoms with Crippen LogP contribution in [-0.2, 0) is 0 Å². The highest BCUT2D eigenvalue weighted by Gasteiger charge is 1.97. The topological polar surface area (TPSA) is 25.8 Å². The molecule has 2 nitrogen and oxygen atoms in total. The van der Waals surface area contributed by atoms with Gasteiger partial charge in [0.05, 0.1) is 10.0 Å². The maximum absolute atomic E-state index is 5.99. The van der Waals surface area contributed by atoms with Crippen LogP contribution in [0.25, 0.3) is 12.2 Å². The number of pyridine rings is 2. The maximum Gasteiger partial charge on any atom is 0.0509 e. The van der Waals surface area contributed by atoms with Gasteiger partial charge in [-0.05, 0) is 12.1 Å². The fraction of sp³-hybridized carbons (Fsp3) is 0. The average Bonchev–Trinajstić information content (AvgIpc) is 2.30. The molecule has 0 aromatic carbocycles. The van der Waals surface area contributed by atoms with Crippen molar-refractivity contribution in [2.24, 2.45) is 0 Å². The van der Waals surface area contributed by atoms with Gasteiger partial charge in [-0.2, -0.15) is 0 Å². The van der Waals surface area contributed by atoms with Crippen molar-refractivity contribution in [2.45, 2.75) is 0 Å². The van der Waals surface area contributed by atoms with Gasteiger partial charge in [-0.15, -0.1) is 0 Å². The van der Waals surface area contributed by atoms with E-state index >= 15 is 0 Å². The van der Waals surface area contributed by atoms with Crippen molar-refractivity contribution in [3.05, 3.63) is 58.1 Å². The van der Waals surface area contributed by atoms with Crippen LogP contribution in [0.2, 0.25) is 10.0 Å². The van der Waals surface area contributed by atoms with Crippen LogP contribution in [0.15, 0.2) is 36.9 Å². The molecule has 2 rings (SSSR count). The minimum atomic E-state index is 0.659. The zero-order valence-corrected chi connectivity index (χ0v) is 9.78. The average molecular weight is 251 g/mol. The summed E-state index contributed by atoms with van der Waals surface area (Å²) in [5.74, 6) is 0. The van der Waals surface area contributed by atoms with Crippen LogP contribution >= 0.6 is 23.2 Å². The smallest absolute Gasteiger partial charge is 0.0509 e. The van der Waals surface area contributed by atoms with E-state index in [4.69, 9.17) is 23.2 Å². The second-order valence-electron chi connectivity index (χ2n) is 3.13. The highest BCUT2D eigenvalue weighted by molar-refractivity contribution is 6.33. The van der Waals surface area contributed by atoms with Gasteiger partial charge in [0.2, 0.25) is 0 Å². The quantitative estimate of drug-likeness (QED) is 0.807. The molecule has 0 saturated carbocycles. The molecule has 0 unspecified atom stereocenters. The molecule has 0 saturated heterocycles. The third-order valence-electron chi connectivity index (χ3n) is 2.04. The predicted molar refractivity (Wildman–Crippen MR) is 67.4 cm³/mol. The lowest BCUT2D eigenvalue weighted by molar-refractivity contribution is 1.31. The van der Waals surface area contributed by atoms with Gasteiger partial charge in [-0.3, -0.25) is 9.97 Å². The van der Waals surface area contributed by atoms with E-state index in [1.54, 1.807) is 36.9 Å². The van der Waals surface area contributed by atoms with Crippen molar-refractivity contribution >= 4 is 35.4 Å². The Bertz CT molecular complexity index is 476. The number of rotatable bonds is 2. The van der Waals surface area contributed by atoms with Crippen molar-refractivity contribution in [2.75, 3.05) is 0 Å². The summed E-state index contributed by atoms with van der Waals surface area (Å²) in [7, 11) is 0. The van der Waals surface area contributed by atoms with Gasteiger partial charge in [-0.1, -0.05) is 35.4 Å². The minimum Gasteiger partial charge on any atom is -0.264 e. The summed E-state index contributed by atoms with van der Waals surface area (Å²) < 4.78 is 0. The molecule has 0 spiro atoms. The number of halogens is 2. The standard InChI is InChI=1S/C12H8Cl2N2/c13-11-3-5-15-7-9(11)1-2-10-8-16-6-4-12(10)14/h1-8H/b2-1-. The number of hydrogen-bond acceptors (Lipinski definition) is 2. The molecular weight excluding hydrogens is 243 g/mol. The molecule has 0 radical (unpaired) electrons. The molecule has 0 amide bonds. The molecule has 2 heterocycles. The van der Waals surface area contributed by atoms with Crippen molar-refractivity contribution in [1.29, 1.82) is 0 Å². The fourth-order valence-corrected chi connectivity index (χ4v) is 1.54. The van der Waals surface area contributed by atoms with Crippen molar-refractivity contribution in [3.8, 4) is 0 Å². The van der Waals surface area contributed by atoms with Gasteiger partial charge in [0.25, 0.3) is 0 Å². The summed E-state index contributed by atoms with van der Waals surface area (Å²) in [6, 6.07) is 3.48. The molecule has 0 N–H and O–H groups in total.